The number of halogens is 2. The number of anilines is 1. The Morgan fingerprint density at radius 1 is 1.00 bits per heavy atom. The molecule has 14 heteroatoms. The van der Waals surface area contributed by atoms with Gasteiger partial charge in [0.15, 0.2) is 0 Å². The summed E-state index contributed by atoms with van der Waals surface area (Å²) in [5.74, 6) is -3.83. The van der Waals surface area contributed by atoms with E-state index in [1.54, 1.807) is 12.1 Å². The Kier molecular flexibility index (Phi) is 12.7. The van der Waals surface area contributed by atoms with E-state index >= 15 is 0 Å². The molecule has 5 amide bonds. The largest absolute Gasteiger partial charge is 0.377 e. The number of rotatable bonds is 8. The number of alkyl halides is 2. The first-order valence-electron chi connectivity index (χ1n) is 15.5. The van der Waals surface area contributed by atoms with Gasteiger partial charge in [0.1, 0.15) is 18.7 Å². The summed E-state index contributed by atoms with van der Waals surface area (Å²) in [6.07, 6.45) is 1.94. The molecule has 244 valence electrons. The van der Waals surface area contributed by atoms with Crippen LogP contribution in [0.15, 0.2) is 30.3 Å². The van der Waals surface area contributed by atoms with Gasteiger partial charge in [-0.05, 0) is 50.7 Å². The van der Waals surface area contributed by atoms with Crippen LogP contribution in [0.4, 0.5) is 19.3 Å². The van der Waals surface area contributed by atoms with Gasteiger partial charge in [-0.2, -0.15) is 0 Å². The van der Waals surface area contributed by atoms with E-state index in [9.17, 15) is 28.0 Å². The van der Waals surface area contributed by atoms with E-state index in [0.29, 0.717) is 44.3 Å². The topological polar surface area (TPSA) is 150 Å². The molecular formula is C30H44F2N6O6. The zero-order valence-corrected chi connectivity index (χ0v) is 25.0. The number of ether oxygens (including phenoxy) is 2. The summed E-state index contributed by atoms with van der Waals surface area (Å²) in [6, 6.07) is 6.62. The molecule has 1 aromatic rings. The molecule has 0 radical (unpaired) electrons. The van der Waals surface area contributed by atoms with Gasteiger partial charge < -0.3 is 41.0 Å². The number of fused-ring (bicyclic) bond motifs is 1. The number of nitrogens with zero attached hydrogens (tertiary/aromatic N) is 1. The van der Waals surface area contributed by atoms with E-state index in [0.717, 1.165) is 0 Å². The molecule has 3 fully saturated rings. The summed E-state index contributed by atoms with van der Waals surface area (Å²) in [5, 5.41) is 14.5. The lowest BCUT2D eigenvalue weighted by Crippen LogP contribution is -2.54. The van der Waals surface area contributed by atoms with E-state index < -0.39 is 23.9 Å². The number of carbonyl (C=O) groups excluding carboxylic acids is 4. The van der Waals surface area contributed by atoms with Crippen LogP contribution in [0.2, 0.25) is 0 Å². The van der Waals surface area contributed by atoms with Crippen LogP contribution in [-0.4, -0.2) is 105 Å². The highest BCUT2D eigenvalue weighted by Gasteiger charge is 2.43. The van der Waals surface area contributed by atoms with Gasteiger partial charge in [-0.25, -0.2) is 13.6 Å². The Labute approximate surface area is 256 Å². The normalized spacial score (nSPS) is 25.6. The molecule has 1 aromatic carbocycles. The highest BCUT2D eigenvalue weighted by molar-refractivity contribution is 5.93. The van der Waals surface area contributed by atoms with Crippen molar-refractivity contribution >= 4 is 29.4 Å². The van der Waals surface area contributed by atoms with Gasteiger partial charge in [-0.3, -0.25) is 14.4 Å². The molecule has 3 aliphatic rings. The van der Waals surface area contributed by atoms with Crippen LogP contribution < -0.4 is 26.6 Å². The first-order valence-corrected chi connectivity index (χ1v) is 15.5. The van der Waals surface area contributed by atoms with Gasteiger partial charge in [-0.1, -0.05) is 18.2 Å². The molecule has 2 aliphatic heterocycles. The van der Waals surface area contributed by atoms with Crippen molar-refractivity contribution in [3.05, 3.63) is 30.3 Å². The molecule has 12 nitrogen and oxygen atoms in total. The van der Waals surface area contributed by atoms with Gasteiger partial charge >= 0.3 is 6.03 Å². The fraction of sp³-hybridized carbons (Fsp3) is 0.667. The van der Waals surface area contributed by atoms with Gasteiger partial charge in [0, 0.05) is 50.2 Å². The summed E-state index contributed by atoms with van der Waals surface area (Å²) in [7, 11) is 0. The van der Waals surface area contributed by atoms with Crippen molar-refractivity contribution in [2.75, 3.05) is 51.4 Å². The molecule has 0 spiro atoms. The van der Waals surface area contributed by atoms with Gasteiger partial charge in [0.05, 0.1) is 19.8 Å². The fourth-order valence-corrected chi connectivity index (χ4v) is 5.80. The predicted octanol–water partition coefficient (Wildman–Crippen LogP) is 1.76. The molecule has 1 saturated carbocycles. The van der Waals surface area contributed by atoms with Crippen molar-refractivity contribution in [3.8, 4) is 0 Å². The number of urea groups is 1. The van der Waals surface area contributed by atoms with Crippen LogP contribution in [0.5, 0.6) is 0 Å². The number of hydrogen-bond donors (Lipinski definition) is 5. The highest BCUT2D eigenvalue weighted by Crippen LogP contribution is 2.34. The third-order valence-electron chi connectivity index (χ3n) is 8.10. The summed E-state index contributed by atoms with van der Waals surface area (Å²) in [6.45, 7) is 1.26. The number of nitrogens with one attached hydrogen (secondary N) is 5. The minimum absolute atomic E-state index is 0.121. The number of hydrogen-bond acceptors (Lipinski definition) is 7. The third kappa shape index (κ3) is 10.7. The summed E-state index contributed by atoms with van der Waals surface area (Å²) >= 11 is 0. The van der Waals surface area contributed by atoms with Crippen molar-refractivity contribution in [2.24, 2.45) is 0 Å². The Morgan fingerprint density at radius 2 is 1.75 bits per heavy atom. The molecule has 0 unspecified atom stereocenters. The van der Waals surface area contributed by atoms with Gasteiger partial charge in [0.25, 0.3) is 0 Å². The van der Waals surface area contributed by atoms with Gasteiger partial charge in [-0.15, -0.1) is 0 Å². The van der Waals surface area contributed by atoms with Crippen molar-refractivity contribution < 1.29 is 37.4 Å². The molecule has 3 atom stereocenters. The predicted molar refractivity (Wildman–Crippen MR) is 158 cm³/mol. The van der Waals surface area contributed by atoms with E-state index in [2.05, 4.69) is 26.6 Å². The van der Waals surface area contributed by atoms with Crippen molar-refractivity contribution in [1.82, 2.24) is 26.2 Å². The Balaban J connectivity index is 1.37. The maximum Gasteiger partial charge on any atom is 0.319 e. The molecule has 4 rings (SSSR count). The minimum atomic E-state index is -2.65. The van der Waals surface area contributed by atoms with Crippen LogP contribution in [0.25, 0.3) is 0 Å². The van der Waals surface area contributed by atoms with E-state index in [4.69, 9.17) is 9.47 Å². The summed E-state index contributed by atoms with van der Waals surface area (Å²) in [4.78, 5) is 53.5. The quantitative estimate of drug-likeness (QED) is 0.278. The lowest BCUT2D eigenvalue weighted by atomic mass is 9.91. The molecule has 0 bridgehead atoms. The lowest BCUT2D eigenvalue weighted by molar-refractivity contribution is -0.142. The zero-order chi connectivity index (χ0) is 31.4. The van der Waals surface area contributed by atoms with E-state index in [1.807, 2.05) is 18.2 Å². The molecular weight excluding hydrogens is 578 g/mol. The van der Waals surface area contributed by atoms with E-state index in [1.165, 1.54) is 4.90 Å². The van der Waals surface area contributed by atoms with Crippen LogP contribution in [0.3, 0.4) is 0 Å². The Morgan fingerprint density at radius 3 is 2.52 bits per heavy atom. The standard InChI is InChI=1S/C30H44F2N6O6/c31-30(32)11-9-22(10-12-30)35-23-18-25-27(40)33-14-15-43-16-17-44-20-26(39)37-24(28(41)38(25)19-23)8-4-5-13-34-29(42)36-21-6-2-1-3-7-21/h1-3,6-7,22-25,35H,4-5,8-20H2,(H,33,40)(H,37,39)(H2,34,36,42)/t23-,24-,25-/m0/s1. The first-order chi connectivity index (χ1) is 21.2. The SMILES string of the molecule is O=C1COCCOCCNC(=O)[C@@H]2C[C@H](NC3CCC(F)(F)CC3)CN2C(=O)[C@H](CCCCNC(=O)Nc2ccccc2)N1. The second kappa shape index (κ2) is 16.6. The van der Waals surface area contributed by atoms with Crippen LogP contribution in [-0.2, 0) is 23.9 Å². The number of amides is 5. The number of carbonyl (C=O) groups is 4. The molecule has 0 aromatic heterocycles. The molecule has 44 heavy (non-hydrogen) atoms. The number of unbranched alkanes of at least 4 members (excludes halogenated alkanes) is 1. The van der Waals surface area contributed by atoms with Gasteiger partial charge in [0.2, 0.25) is 23.6 Å². The molecule has 2 saturated heterocycles. The fourth-order valence-electron chi connectivity index (χ4n) is 5.80. The first kappa shape index (κ1) is 33.5. The second-order valence-corrected chi connectivity index (χ2v) is 11.6. The monoisotopic (exact) mass is 622 g/mol. The van der Waals surface area contributed by atoms with Crippen LogP contribution in [0, 0.1) is 0 Å². The van der Waals surface area contributed by atoms with Crippen molar-refractivity contribution in [1.29, 1.82) is 0 Å². The summed E-state index contributed by atoms with van der Waals surface area (Å²) < 4.78 is 38.2. The lowest BCUT2D eigenvalue weighted by Gasteiger charge is -2.31. The zero-order valence-electron chi connectivity index (χ0n) is 25.0. The van der Waals surface area contributed by atoms with Crippen molar-refractivity contribution in [3.63, 3.8) is 0 Å². The smallest absolute Gasteiger partial charge is 0.319 e. The van der Waals surface area contributed by atoms with Crippen LogP contribution in [0.1, 0.15) is 51.4 Å². The summed E-state index contributed by atoms with van der Waals surface area (Å²) in [5.41, 5.74) is 0.668. The van der Waals surface area contributed by atoms with Crippen LogP contribution >= 0.6 is 0 Å². The maximum absolute atomic E-state index is 13.9. The Bertz CT molecular complexity index is 1100. The maximum atomic E-state index is 13.9. The minimum Gasteiger partial charge on any atom is -0.377 e. The Hall–Kier alpha value is -3.36. The molecule has 5 N–H and O–H groups in total. The second-order valence-electron chi connectivity index (χ2n) is 11.6. The number of benzene rings is 1. The van der Waals surface area contributed by atoms with E-state index in [-0.39, 0.29) is 88.7 Å². The number of para-hydroxylation sites is 1. The highest BCUT2D eigenvalue weighted by atomic mass is 19.3. The molecule has 2 heterocycles. The average molecular weight is 623 g/mol. The molecule has 1 aliphatic carbocycles. The average Bonchev–Trinajstić information content (AvgIpc) is 3.42. The third-order valence-corrected chi connectivity index (χ3v) is 8.10. The van der Waals surface area contributed by atoms with Crippen molar-refractivity contribution in [2.45, 2.75) is 81.5 Å².